The summed E-state index contributed by atoms with van der Waals surface area (Å²) in [6.07, 6.45) is 0. The molecule has 2 aromatic carbocycles. The summed E-state index contributed by atoms with van der Waals surface area (Å²) >= 11 is 3.31. The van der Waals surface area contributed by atoms with Crippen LogP contribution in [0.2, 0.25) is 0 Å². The summed E-state index contributed by atoms with van der Waals surface area (Å²) in [7, 11) is 0. The number of hydrogen-bond acceptors (Lipinski definition) is 3. The summed E-state index contributed by atoms with van der Waals surface area (Å²) in [6.45, 7) is 2.28. The first-order valence-electron chi connectivity index (χ1n) is 6.70. The van der Waals surface area contributed by atoms with Gasteiger partial charge in [0.2, 0.25) is 0 Å². The van der Waals surface area contributed by atoms with Crippen LogP contribution in [0.25, 0.3) is 0 Å². The van der Waals surface area contributed by atoms with Crippen molar-refractivity contribution in [1.82, 2.24) is 10.9 Å². The van der Waals surface area contributed by atoms with E-state index < -0.39 is 5.91 Å². The lowest BCUT2D eigenvalue weighted by molar-refractivity contribution is 0.0844. The van der Waals surface area contributed by atoms with Crippen LogP contribution in [0.4, 0.5) is 0 Å². The molecule has 0 bridgehead atoms. The summed E-state index contributed by atoms with van der Waals surface area (Å²) in [5.74, 6) is -0.381. The Balaban J connectivity index is 2.06. The zero-order valence-corrected chi connectivity index (χ0v) is 13.5. The molecule has 22 heavy (non-hydrogen) atoms. The Kier molecular flexibility index (Phi) is 5.55. The Bertz CT molecular complexity index is 674. The van der Waals surface area contributed by atoms with Crippen LogP contribution in [0.15, 0.2) is 53.0 Å². The largest absolute Gasteiger partial charge is 0.493 e. The number of ether oxygens (including phenoxy) is 1. The molecule has 114 valence electrons. The highest BCUT2D eigenvalue weighted by molar-refractivity contribution is 9.10. The molecular formula is C16H15BrN2O3. The van der Waals surface area contributed by atoms with Crippen molar-refractivity contribution < 1.29 is 14.3 Å². The van der Waals surface area contributed by atoms with Crippen LogP contribution in [0.1, 0.15) is 27.6 Å². The highest BCUT2D eigenvalue weighted by Gasteiger charge is 2.14. The summed E-state index contributed by atoms with van der Waals surface area (Å²) in [6, 6.07) is 13.7. The van der Waals surface area contributed by atoms with Crippen LogP contribution in [0.5, 0.6) is 5.75 Å². The molecule has 0 fully saturated rings. The Hall–Kier alpha value is -2.34. The van der Waals surface area contributed by atoms with Gasteiger partial charge in [0.15, 0.2) is 0 Å². The molecule has 0 aromatic heterocycles. The molecule has 2 N–H and O–H groups in total. The molecule has 0 aliphatic rings. The normalized spacial score (nSPS) is 9.91. The maximum atomic E-state index is 12.2. The molecule has 0 unspecified atom stereocenters. The van der Waals surface area contributed by atoms with Gasteiger partial charge in [0.1, 0.15) is 5.75 Å². The maximum absolute atomic E-state index is 12.2. The summed E-state index contributed by atoms with van der Waals surface area (Å²) in [4.78, 5) is 24.1. The highest BCUT2D eigenvalue weighted by Crippen LogP contribution is 2.23. The van der Waals surface area contributed by atoms with E-state index >= 15 is 0 Å². The van der Waals surface area contributed by atoms with E-state index in [1.54, 1.807) is 42.5 Å². The second kappa shape index (κ2) is 7.61. The topological polar surface area (TPSA) is 67.4 Å². The van der Waals surface area contributed by atoms with Gasteiger partial charge in [0.25, 0.3) is 11.8 Å². The SMILES string of the molecule is CCOc1ccc(Br)cc1C(=O)NNC(=O)c1ccccc1. The van der Waals surface area contributed by atoms with E-state index in [9.17, 15) is 9.59 Å². The number of hydrazine groups is 1. The van der Waals surface area contributed by atoms with Crippen LogP contribution in [-0.2, 0) is 0 Å². The maximum Gasteiger partial charge on any atom is 0.273 e. The Morgan fingerprint density at radius 2 is 1.73 bits per heavy atom. The van der Waals surface area contributed by atoms with Crippen LogP contribution in [0.3, 0.4) is 0 Å². The number of halogens is 1. The third kappa shape index (κ3) is 4.08. The third-order valence-corrected chi connectivity index (χ3v) is 3.30. The van der Waals surface area contributed by atoms with Crippen molar-refractivity contribution >= 4 is 27.7 Å². The number of rotatable bonds is 4. The summed E-state index contributed by atoms with van der Waals surface area (Å²) in [5, 5.41) is 0. The third-order valence-electron chi connectivity index (χ3n) is 2.81. The number of nitrogens with one attached hydrogen (secondary N) is 2. The molecule has 0 atom stereocenters. The van der Waals surface area contributed by atoms with Crippen molar-refractivity contribution in [2.45, 2.75) is 6.92 Å². The van der Waals surface area contributed by atoms with Crippen LogP contribution >= 0.6 is 15.9 Å². The van der Waals surface area contributed by atoms with Gasteiger partial charge < -0.3 is 4.74 Å². The fourth-order valence-electron chi connectivity index (χ4n) is 1.80. The van der Waals surface area contributed by atoms with Gasteiger partial charge in [-0.1, -0.05) is 34.1 Å². The Morgan fingerprint density at radius 3 is 2.41 bits per heavy atom. The van der Waals surface area contributed by atoms with E-state index in [-0.39, 0.29) is 5.91 Å². The standard InChI is InChI=1S/C16H15BrN2O3/c1-2-22-14-9-8-12(17)10-13(14)16(21)19-18-15(20)11-6-4-3-5-7-11/h3-10H,2H2,1H3,(H,18,20)(H,19,21). The molecule has 6 heteroatoms. The van der Waals surface area contributed by atoms with Crippen molar-refractivity contribution in [3.05, 3.63) is 64.1 Å². The molecule has 0 radical (unpaired) electrons. The zero-order valence-electron chi connectivity index (χ0n) is 11.9. The van der Waals surface area contributed by atoms with Gasteiger partial charge in [0.05, 0.1) is 12.2 Å². The number of benzene rings is 2. The monoisotopic (exact) mass is 362 g/mol. The van der Waals surface area contributed by atoms with Gasteiger partial charge >= 0.3 is 0 Å². The van der Waals surface area contributed by atoms with Gasteiger partial charge in [-0.15, -0.1) is 0 Å². The molecule has 0 heterocycles. The Morgan fingerprint density at radius 1 is 1.05 bits per heavy atom. The van der Waals surface area contributed by atoms with E-state index in [2.05, 4.69) is 26.8 Å². The van der Waals surface area contributed by atoms with Crippen LogP contribution in [0, 0.1) is 0 Å². The molecule has 2 rings (SSSR count). The van der Waals surface area contributed by atoms with Crippen LogP contribution in [-0.4, -0.2) is 18.4 Å². The minimum atomic E-state index is -0.450. The lowest BCUT2D eigenvalue weighted by Crippen LogP contribution is -2.41. The van der Waals surface area contributed by atoms with Crippen LogP contribution < -0.4 is 15.6 Å². The number of amides is 2. The molecule has 5 nitrogen and oxygen atoms in total. The number of carbonyl (C=O) groups is 2. The molecule has 0 saturated heterocycles. The highest BCUT2D eigenvalue weighted by atomic mass is 79.9. The fourth-order valence-corrected chi connectivity index (χ4v) is 2.16. The van der Waals surface area contributed by atoms with Crippen molar-refractivity contribution in [3.8, 4) is 5.75 Å². The second-order valence-electron chi connectivity index (χ2n) is 4.35. The zero-order chi connectivity index (χ0) is 15.9. The van der Waals surface area contributed by atoms with Gasteiger partial charge in [-0.25, -0.2) is 0 Å². The fraction of sp³-hybridized carbons (Fsp3) is 0.125. The molecular weight excluding hydrogens is 348 g/mol. The van der Waals surface area contributed by atoms with E-state index in [4.69, 9.17) is 4.74 Å². The minimum Gasteiger partial charge on any atom is -0.493 e. The number of hydrogen-bond donors (Lipinski definition) is 2. The summed E-state index contributed by atoms with van der Waals surface area (Å²) in [5.41, 5.74) is 5.56. The quantitative estimate of drug-likeness (QED) is 0.821. The lowest BCUT2D eigenvalue weighted by Gasteiger charge is -2.12. The molecule has 2 aromatic rings. The van der Waals surface area contributed by atoms with Crippen molar-refractivity contribution in [2.24, 2.45) is 0 Å². The minimum absolute atomic E-state index is 0.338. The van der Waals surface area contributed by atoms with Gasteiger partial charge in [-0.05, 0) is 37.3 Å². The Labute approximate surface area is 136 Å². The first-order chi connectivity index (χ1) is 10.6. The lowest BCUT2D eigenvalue weighted by atomic mass is 10.2. The first kappa shape index (κ1) is 16.0. The van der Waals surface area contributed by atoms with Gasteiger partial charge in [0, 0.05) is 10.0 Å². The average Bonchev–Trinajstić information content (AvgIpc) is 2.55. The summed E-state index contributed by atoms with van der Waals surface area (Å²) < 4.78 is 6.16. The van der Waals surface area contributed by atoms with E-state index in [1.807, 2.05) is 13.0 Å². The van der Waals surface area contributed by atoms with Gasteiger partial charge in [-0.3, -0.25) is 20.4 Å². The van der Waals surface area contributed by atoms with Crippen molar-refractivity contribution in [1.29, 1.82) is 0 Å². The smallest absolute Gasteiger partial charge is 0.273 e. The molecule has 0 aliphatic carbocycles. The molecule has 0 saturated carbocycles. The number of carbonyl (C=O) groups excluding carboxylic acids is 2. The molecule has 2 amide bonds. The first-order valence-corrected chi connectivity index (χ1v) is 7.49. The van der Waals surface area contributed by atoms with E-state index in [0.717, 1.165) is 4.47 Å². The molecule has 0 spiro atoms. The van der Waals surface area contributed by atoms with Crippen molar-refractivity contribution in [3.63, 3.8) is 0 Å². The van der Waals surface area contributed by atoms with E-state index in [1.165, 1.54) is 0 Å². The molecule has 0 aliphatic heterocycles. The van der Waals surface area contributed by atoms with Gasteiger partial charge in [-0.2, -0.15) is 0 Å². The predicted molar refractivity (Wildman–Crippen MR) is 86.7 cm³/mol. The second-order valence-corrected chi connectivity index (χ2v) is 5.26. The predicted octanol–water partition coefficient (Wildman–Crippen LogP) is 2.92. The average molecular weight is 363 g/mol. The van der Waals surface area contributed by atoms with Crippen molar-refractivity contribution in [2.75, 3.05) is 6.61 Å². The van der Waals surface area contributed by atoms with E-state index in [0.29, 0.717) is 23.5 Å².